The summed E-state index contributed by atoms with van der Waals surface area (Å²) in [6.07, 6.45) is -0.134. The van der Waals surface area contributed by atoms with Crippen molar-refractivity contribution < 1.29 is 18.7 Å². The van der Waals surface area contributed by atoms with E-state index in [1.807, 2.05) is 26.8 Å². The second-order valence-electron chi connectivity index (χ2n) is 7.30. The van der Waals surface area contributed by atoms with Crippen molar-refractivity contribution in [3.05, 3.63) is 58.9 Å². The molecular weight excluding hydrogens is 357 g/mol. The van der Waals surface area contributed by atoms with Gasteiger partial charge in [0.25, 0.3) is 5.91 Å². The quantitative estimate of drug-likeness (QED) is 0.668. The van der Waals surface area contributed by atoms with Crippen LogP contribution in [0.15, 0.2) is 36.4 Å². The molecule has 0 aliphatic heterocycles. The first-order valence-electron chi connectivity index (χ1n) is 9.67. The fourth-order valence-electron chi connectivity index (χ4n) is 3.19. The standard InChI is InChI=1S/C23H30FNO3/c1-7-21(28-18-10-8-17(24)9-11-18)23(26)25-16(5)20-13-19(14(2)3)22(27-6)12-15(20)4/h8-14,16,21H,7H2,1-6H3,(H,25,26)/t16-,21+/m1/s1. The Morgan fingerprint density at radius 2 is 1.75 bits per heavy atom. The first-order valence-corrected chi connectivity index (χ1v) is 9.67. The van der Waals surface area contributed by atoms with Crippen LogP contribution in [0, 0.1) is 12.7 Å². The predicted octanol–water partition coefficient (Wildman–Crippen LogP) is 5.30. The molecule has 0 radical (unpaired) electrons. The third-order valence-electron chi connectivity index (χ3n) is 4.82. The molecule has 2 rings (SSSR count). The molecule has 0 spiro atoms. The van der Waals surface area contributed by atoms with E-state index in [0.29, 0.717) is 18.1 Å². The van der Waals surface area contributed by atoms with Gasteiger partial charge in [-0.2, -0.15) is 0 Å². The van der Waals surface area contributed by atoms with Gasteiger partial charge >= 0.3 is 0 Å². The number of carbonyl (C=O) groups is 1. The number of hydrogen-bond acceptors (Lipinski definition) is 3. The first kappa shape index (κ1) is 21.7. The maximum absolute atomic E-state index is 13.1. The summed E-state index contributed by atoms with van der Waals surface area (Å²) in [4.78, 5) is 12.7. The van der Waals surface area contributed by atoms with Crippen molar-refractivity contribution in [3.8, 4) is 11.5 Å². The Kier molecular flexibility index (Phi) is 7.44. The summed E-state index contributed by atoms with van der Waals surface area (Å²) in [5, 5.41) is 3.04. The summed E-state index contributed by atoms with van der Waals surface area (Å²) >= 11 is 0. The van der Waals surface area contributed by atoms with Crippen molar-refractivity contribution in [2.75, 3.05) is 7.11 Å². The number of aryl methyl sites for hydroxylation is 1. The zero-order valence-corrected chi connectivity index (χ0v) is 17.5. The zero-order chi connectivity index (χ0) is 20.8. The van der Waals surface area contributed by atoms with Gasteiger partial charge in [-0.25, -0.2) is 4.39 Å². The van der Waals surface area contributed by atoms with Crippen molar-refractivity contribution in [1.82, 2.24) is 5.32 Å². The lowest BCUT2D eigenvalue weighted by Gasteiger charge is -2.23. The second kappa shape index (κ2) is 9.58. The molecular formula is C23H30FNO3. The van der Waals surface area contributed by atoms with Crippen molar-refractivity contribution in [2.24, 2.45) is 0 Å². The van der Waals surface area contributed by atoms with Crippen LogP contribution in [-0.4, -0.2) is 19.1 Å². The van der Waals surface area contributed by atoms with E-state index in [4.69, 9.17) is 9.47 Å². The van der Waals surface area contributed by atoms with Crippen LogP contribution >= 0.6 is 0 Å². The minimum atomic E-state index is -0.643. The fourth-order valence-corrected chi connectivity index (χ4v) is 3.19. The van der Waals surface area contributed by atoms with Crippen LogP contribution in [0.4, 0.5) is 4.39 Å². The lowest BCUT2D eigenvalue weighted by molar-refractivity contribution is -0.128. The Labute approximate surface area is 167 Å². The third-order valence-corrected chi connectivity index (χ3v) is 4.82. The zero-order valence-electron chi connectivity index (χ0n) is 17.5. The summed E-state index contributed by atoms with van der Waals surface area (Å²) in [7, 11) is 1.67. The minimum absolute atomic E-state index is 0.179. The molecule has 1 N–H and O–H groups in total. The highest BCUT2D eigenvalue weighted by Crippen LogP contribution is 2.32. The van der Waals surface area contributed by atoms with Gasteiger partial charge in [0.1, 0.15) is 17.3 Å². The van der Waals surface area contributed by atoms with Gasteiger partial charge in [0.15, 0.2) is 6.10 Å². The Morgan fingerprint density at radius 3 is 2.29 bits per heavy atom. The molecule has 5 heteroatoms. The van der Waals surface area contributed by atoms with Gasteiger partial charge in [0.05, 0.1) is 13.2 Å². The molecule has 0 saturated carbocycles. The van der Waals surface area contributed by atoms with Crippen molar-refractivity contribution in [1.29, 1.82) is 0 Å². The Balaban J connectivity index is 2.15. The molecule has 0 unspecified atom stereocenters. The third kappa shape index (κ3) is 5.24. The van der Waals surface area contributed by atoms with Gasteiger partial charge in [-0.05, 0) is 79.3 Å². The molecule has 1 amide bonds. The van der Waals surface area contributed by atoms with Crippen LogP contribution in [0.2, 0.25) is 0 Å². The van der Waals surface area contributed by atoms with E-state index in [-0.39, 0.29) is 17.8 Å². The summed E-state index contributed by atoms with van der Waals surface area (Å²) < 4.78 is 24.3. The number of methoxy groups -OCH3 is 1. The number of hydrogen-bond donors (Lipinski definition) is 1. The topological polar surface area (TPSA) is 47.6 Å². The normalized spacial score (nSPS) is 13.1. The van der Waals surface area contributed by atoms with Crippen molar-refractivity contribution in [2.45, 2.75) is 59.1 Å². The summed E-state index contributed by atoms with van der Waals surface area (Å²) in [5.41, 5.74) is 3.22. The number of carbonyl (C=O) groups excluding carboxylic acids is 1. The highest BCUT2D eigenvalue weighted by Gasteiger charge is 2.22. The highest BCUT2D eigenvalue weighted by molar-refractivity contribution is 5.81. The maximum Gasteiger partial charge on any atom is 0.261 e. The van der Waals surface area contributed by atoms with Gasteiger partial charge in [-0.1, -0.05) is 20.8 Å². The van der Waals surface area contributed by atoms with Crippen molar-refractivity contribution >= 4 is 5.91 Å². The Morgan fingerprint density at radius 1 is 1.11 bits per heavy atom. The minimum Gasteiger partial charge on any atom is -0.496 e. The number of amides is 1. The summed E-state index contributed by atoms with van der Waals surface area (Å²) in [6.45, 7) is 10.1. The van der Waals surface area contributed by atoms with E-state index >= 15 is 0 Å². The number of benzene rings is 2. The molecule has 0 aliphatic carbocycles. The van der Waals surface area contributed by atoms with Gasteiger partial charge < -0.3 is 14.8 Å². The number of rotatable bonds is 8. The van der Waals surface area contributed by atoms with Crippen LogP contribution in [0.3, 0.4) is 0 Å². The van der Waals surface area contributed by atoms with Gasteiger partial charge in [0, 0.05) is 0 Å². The number of ether oxygens (including phenoxy) is 2. The van der Waals surface area contributed by atoms with E-state index in [1.54, 1.807) is 7.11 Å². The molecule has 0 aliphatic rings. The lowest BCUT2D eigenvalue weighted by atomic mass is 9.93. The number of nitrogens with one attached hydrogen (secondary N) is 1. The van der Waals surface area contributed by atoms with Crippen LogP contribution in [0.1, 0.15) is 62.8 Å². The molecule has 0 saturated heterocycles. The van der Waals surface area contributed by atoms with Gasteiger partial charge in [0.2, 0.25) is 0 Å². The van der Waals surface area contributed by atoms with E-state index in [1.165, 1.54) is 24.3 Å². The second-order valence-corrected chi connectivity index (χ2v) is 7.30. The van der Waals surface area contributed by atoms with Gasteiger partial charge in [-0.3, -0.25) is 4.79 Å². The predicted molar refractivity (Wildman–Crippen MR) is 109 cm³/mol. The molecule has 4 nitrogen and oxygen atoms in total. The highest BCUT2D eigenvalue weighted by atomic mass is 19.1. The van der Waals surface area contributed by atoms with Crippen LogP contribution in [-0.2, 0) is 4.79 Å². The summed E-state index contributed by atoms with van der Waals surface area (Å²) in [5.74, 6) is 1.11. The van der Waals surface area contributed by atoms with E-state index in [9.17, 15) is 9.18 Å². The smallest absolute Gasteiger partial charge is 0.261 e. The average molecular weight is 387 g/mol. The van der Waals surface area contributed by atoms with Crippen LogP contribution < -0.4 is 14.8 Å². The molecule has 2 aromatic carbocycles. The Bertz CT molecular complexity index is 802. The monoisotopic (exact) mass is 387 g/mol. The molecule has 28 heavy (non-hydrogen) atoms. The molecule has 0 heterocycles. The van der Waals surface area contributed by atoms with E-state index in [2.05, 4.69) is 25.2 Å². The first-order chi connectivity index (χ1) is 13.3. The van der Waals surface area contributed by atoms with E-state index < -0.39 is 6.10 Å². The SMILES string of the molecule is CC[C@H](Oc1ccc(F)cc1)C(=O)N[C@H](C)c1cc(C(C)C)c(OC)cc1C. The van der Waals surface area contributed by atoms with Crippen LogP contribution in [0.25, 0.3) is 0 Å². The number of halogens is 1. The lowest BCUT2D eigenvalue weighted by Crippen LogP contribution is -2.39. The Hall–Kier alpha value is -2.56. The molecule has 152 valence electrons. The van der Waals surface area contributed by atoms with E-state index in [0.717, 1.165) is 22.4 Å². The summed E-state index contributed by atoms with van der Waals surface area (Å²) in [6, 6.07) is 9.62. The largest absolute Gasteiger partial charge is 0.496 e. The molecule has 2 aromatic rings. The molecule has 0 fully saturated rings. The fraction of sp³-hybridized carbons (Fsp3) is 0.435. The maximum atomic E-state index is 13.1. The molecule has 0 aromatic heterocycles. The molecule has 0 bridgehead atoms. The van der Waals surface area contributed by atoms with Gasteiger partial charge in [-0.15, -0.1) is 0 Å². The van der Waals surface area contributed by atoms with Crippen LogP contribution in [0.5, 0.6) is 11.5 Å². The van der Waals surface area contributed by atoms with Crippen molar-refractivity contribution in [3.63, 3.8) is 0 Å². The molecule has 2 atom stereocenters. The average Bonchev–Trinajstić information content (AvgIpc) is 2.66.